The first-order chi connectivity index (χ1) is 8.98. The maximum absolute atomic E-state index is 12.9. The molecule has 1 rings (SSSR count). The van der Waals surface area contributed by atoms with Gasteiger partial charge in [-0.05, 0) is 22.8 Å². The predicted molar refractivity (Wildman–Crippen MR) is 82.4 cm³/mol. The number of carbonyl (C=O) groups is 2. The summed E-state index contributed by atoms with van der Waals surface area (Å²) in [4.78, 5) is 26.8. The van der Waals surface area contributed by atoms with Crippen molar-refractivity contribution in [2.24, 2.45) is 10.8 Å². The summed E-state index contributed by atoms with van der Waals surface area (Å²) in [5.41, 5.74) is 1.45. The van der Waals surface area contributed by atoms with E-state index in [4.69, 9.17) is 0 Å². The van der Waals surface area contributed by atoms with Gasteiger partial charge in [-0.1, -0.05) is 48.5 Å². The van der Waals surface area contributed by atoms with E-state index >= 15 is 0 Å². The molecule has 0 aliphatic carbocycles. The van der Waals surface area contributed by atoms with Crippen LogP contribution in [0.4, 0.5) is 0 Å². The van der Waals surface area contributed by atoms with Crippen molar-refractivity contribution in [3.05, 3.63) is 11.1 Å². The summed E-state index contributed by atoms with van der Waals surface area (Å²) in [6.07, 6.45) is 1.28. The molecule has 0 aromatic rings. The van der Waals surface area contributed by atoms with Crippen LogP contribution in [0.15, 0.2) is 11.1 Å². The minimum absolute atomic E-state index is 0.0510. The van der Waals surface area contributed by atoms with Gasteiger partial charge in [0.1, 0.15) is 0 Å². The van der Waals surface area contributed by atoms with Gasteiger partial charge in [-0.3, -0.25) is 9.59 Å². The zero-order valence-electron chi connectivity index (χ0n) is 14.1. The molecule has 1 heterocycles. The second-order valence-corrected chi connectivity index (χ2v) is 7.80. The Morgan fingerprint density at radius 1 is 1.00 bits per heavy atom. The molecule has 0 aromatic heterocycles. The molecular weight excluding hydrogens is 250 g/mol. The number of ketones is 1. The monoisotopic (exact) mass is 279 g/mol. The van der Waals surface area contributed by atoms with E-state index in [2.05, 4.69) is 41.5 Å². The molecule has 1 amide bonds. The average molecular weight is 279 g/mol. The van der Waals surface area contributed by atoms with Crippen LogP contribution in [0.3, 0.4) is 0 Å². The van der Waals surface area contributed by atoms with Crippen LogP contribution >= 0.6 is 0 Å². The second kappa shape index (κ2) is 5.71. The quantitative estimate of drug-likeness (QED) is 0.774. The van der Waals surface area contributed by atoms with Gasteiger partial charge in [0.25, 0.3) is 5.91 Å². The molecule has 0 radical (unpaired) electrons. The van der Waals surface area contributed by atoms with Crippen molar-refractivity contribution < 1.29 is 9.59 Å². The SMILES string of the molecule is CCCN1CC(=O)CC(C(C)(C)C)=C(C(C)(C)C)C1=O. The molecule has 0 unspecified atom stereocenters. The van der Waals surface area contributed by atoms with Crippen molar-refractivity contribution in [2.75, 3.05) is 13.1 Å². The molecular formula is C17H29NO2. The number of amides is 1. The molecule has 0 spiro atoms. The fourth-order valence-corrected chi connectivity index (χ4v) is 2.78. The third-order valence-electron chi connectivity index (χ3n) is 3.69. The van der Waals surface area contributed by atoms with E-state index in [9.17, 15) is 9.59 Å². The van der Waals surface area contributed by atoms with Gasteiger partial charge in [-0.15, -0.1) is 0 Å². The lowest BCUT2D eigenvalue weighted by Crippen LogP contribution is -2.38. The summed E-state index contributed by atoms with van der Waals surface area (Å²) in [6.45, 7) is 15.4. The van der Waals surface area contributed by atoms with E-state index in [1.54, 1.807) is 4.90 Å². The molecule has 1 aliphatic rings. The first-order valence-electron chi connectivity index (χ1n) is 7.53. The molecule has 0 saturated carbocycles. The number of carbonyl (C=O) groups excluding carboxylic acids is 2. The van der Waals surface area contributed by atoms with E-state index in [1.165, 1.54) is 0 Å². The summed E-state index contributed by atoms with van der Waals surface area (Å²) in [5, 5.41) is 0. The molecule has 0 bridgehead atoms. The Balaban J connectivity index is 3.46. The Bertz CT molecular complexity index is 433. The summed E-state index contributed by atoms with van der Waals surface area (Å²) in [7, 11) is 0. The largest absolute Gasteiger partial charge is 0.332 e. The van der Waals surface area contributed by atoms with Crippen molar-refractivity contribution >= 4 is 11.7 Å². The molecule has 0 fully saturated rings. The maximum atomic E-state index is 12.9. The molecule has 0 atom stereocenters. The highest BCUT2D eigenvalue weighted by Gasteiger charge is 2.38. The number of allylic oxidation sites excluding steroid dienone is 1. The first-order valence-corrected chi connectivity index (χ1v) is 7.53. The highest BCUT2D eigenvalue weighted by molar-refractivity contribution is 6.01. The normalized spacial score (nSPS) is 18.6. The fraction of sp³-hybridized carbons (Fsp3) is 0.765. The number of nitrogens with zero attached hydrogens (tertiary/aromatic N) is 1. The van der Waals surface area contributed by atoms with Crippen molar-refractivity contribution in [2.45, 2.75) is 61.3 Å². The van der Waals surface area contributed by atoms with Crippen LogP contribution < -0.4 is 0 Å². The summed E-state index contributed by atoms with van der Waals surface area (Å²) in [5.74, 6) is 0.200. The number of hydrogen-bond donors (Lipinski definition) is 0. The van der Waals surface area contributed by atoms with Crippen molar-refractivity contribution in [3.63, 3.8) is 0 Å². The fourth-order valence-electron chi connectivity index (χ4n) is 2.78. The smallest absolute Gasteiger partial charge is 0.250 e. The van der Waals surface area contributed by atoms with E-state index in [1.807, 2.05) is 6.92 Å². The highest BCUT2D eigenvalue weighted by atomic mass is 16.2. The molecule has 3 heteroatoms. The molecule has 0 aromatic carbocycles. The van der Waals surface area contributed by atoms with E-state index in [0.29, 0.717) is 13.0 Å². The topological polar surface area (TPSA) is 37.4 Å². The van der Waals surface area contributed by atoms with Crippen LogP contribution in [0, 0.1) is 10.8 Å². The molecule has 114 valence electrons. The molecule has 20 heavy (non-hydrogen) atoms. The summed E-state index contributed by atoms with van der Waals surface area (Å²) < 4.78 is 0. The second-order valence-electron chi connectivity index (χ2n) is 7.80. The van der Waals surface area contributed by atoms with Crippen molar-refractivity contribution in [3.8, 4) is 0 Å². The minimum atomic E-state index is -0.240. The minimum Gasteiger partial charge on any atom is -0.332 e. The lowest BCUT2D eigenvalue weighted by molar-refractivity contribution is -0.132. The van der Waals surface area contributed by atoms with Gasteiger partial charge in [0, 0.05) is 18.5 Å². The molecule has 0 saturated heterocycles. The zero-order valence-corrected chi connectivity index (χ0v) is 14.1. The van der Waals surface area contributed by atoms with Crippen LogP contribution in [0.1, 0.15) is 61.3 Å². The van der Waals surface area contributed by atoms with E-state index < -0.39 is 0 Å². The van der Waals surface area contributed by atoms with Gasteiger partial charge in [-0.2, -0.15) is 0 Å². The van der Waals surface area contributed by atoms with Gasteiger partial charge in [0.05, 0.1) is 6.54 Å². The van der Waals surface area contributed by atoms with Crippen LogP contribution in [0.5, 0.6) is 0 Å². The molecule has 3 nitrogen and oxygen atoms in total. The van der Waals surface area contributed by atoms with E-state index in [-0.39, 0.29) is 29.1 Å². The van der Waals surface area contributed by atoms with Crippen molar-refractivity contribution in [1.82, 2.24) is 4.90 Å². The Morgan fingerprint density at radius 3 is 1.95 bits per heavy atom. The van der Waals surface area contributed by atoms with Gasteiger partial charge in [0.2, 0.25) is 0 Å². The van der Waals surface area contributed by atoms with Crippen LogP contribution in [0.25, 0.3) is 0 Å². The predicted octanol–water partition coefficient (Wildman–Crippen LogP) is 3.59. The van der Waals surface area contributed by atoms with Gasteiger partial charge in [0.15, 0.2) is 5.78 Å². The number of hydrogen-bond acceptors (Lipinski definition) is 2. The number of Topliss-reactive ketones (excluding diaryl/α,β-unsaturated/α-hetero) is 1. The Labute approximate surface area is 123 Å². The standard InChI is InChI=1S/C17H29NO2/c1-8-9-18-11-12(19)10-13(16(2,3)4)14(15(18)20)17(5,6)7/h8-11H2,1-7H3. The van der Waals surface area contributed by atoms with Crippen molar-refractivity contribution in [1.29, 1.82) is 0 Å². The van der Waals surface area contributed by atoms with Gasteiger partial charge >= 0.3 is 0 Å². The lowest BCUT2D eigenvalue weighted by atomic mass is 9.73. The maximum Gasteiger partial charge on any atom is 0.250 e. The summed E-state index contributed by atoms with van der Waals surface area (Å²) in [6, 6.07) is 0. The highest BCUT2D eigenvalue weighted by Crippen LogP contribution is 2.40. The Hall–Kier alpha value is -1.12. The third-order valence-corrected chi connectivity index (χ3v) is 3.69. The Morgan fingerprint density at radius 2 is 1.55 bits per heavy atom. The third kappa shape index (κ3) is 3.71. The van der Waals surface area contributed by atoms with Crippen LogP contribution in [-0.4, -0.2) is 29.7 Å². The lowest BCUT2D eigenvalue weighted by Gasteiger charge is -2.32. The average Bonchev–Trinajstić information content (AvgIpc) is 2.35. The summed E-state index contributed by atoms with van der Waals surface area (Å²) >= 11 is 0. The van der Waals surface area contributed by atoms with Gasteiger partial charge in [-0.25, -0.2) is 0 Å². The molecule has 0 N–H and O–H groups in total. The Kier molecular flexibility index (Phi) is 4.83. The first kappa shape index (κ1) is 16.9. The van der Waals surface area contributed by atoms with E-state index in [0.717, 1.165) is 17.6 Å². The number of rotatable bonds is 2. The van der Waals surface area contributed by atoms with Crippen LogP contribution in [-0.2, 0) is 9.59 Å². The zero-order chi connectivity index (χ0) is 15.7. The van der Waals surface area contributed by atoms with Gasteiger partial charge < -0.3 is 4.90 Å². The van der Waals surface area contributed by atoms with Crippen LogP contribution in [0.2, 0.25) is 0 Å². The molecule has 1 aliphatic heterocycles.